The zero-order valence-corrected chi connectivity index (χ0v) is 9.10. The third-order valence-electron chi connectivity index (χ3n) is 2.40. The number of phenolic OH excluding ortho intramolecular Hbond substituents is 1. The van der Waals surface area contributed by atoms with Gasteiger partial charge in [-0.15, -0.1) is 0 Å². The average Bonchev–Trinajstić information content (AvgIpc) is 2.61. The summed E-state index contributed by atoms with van der Waals surface area (Å²) in [6.07, 6.45) is 0.659. The molecular weight excluding hydrogens is 204 g/mol. The molecule has 0 saturated carbocycles. The number of aromatic hydroxyl groups is 1. The molecule has 0 spiro atoms. The van der Waals surface area contributed by atoms with Crippen molar-refractivity contribution in [1.29, 1.82) is 0 Å². The molecule has 0 fully saturated rings. The molecule has 0 radical (unpaired) electrons. The van der Waals surface area contributed by atoms with Gasteiger partial charge in [0.05, 0.1) is 11.3 Å². The van der Waals surface area contributed by atoms with Crippen molar-refractivity contribution < 1.29 is 9.52 Å². The van der Waals surface area contributed by atoms with Crippen LogP contribution >= 0.6 is 0 Å². The molecule has 2 aromatic rings. The van der Waals surface area contributed by atoms with E-state index in [2.05, 4.69) is 4.98 Å². The maximum absolute atomic E-state index is 9.67. The lowest BCUT2D eigenvalue weighted by atomic mass is 10.2. The second-order valence-electron chi connectivity index (χ2n) is 3.58. The topological polar surface area (TPSA) is 72.3 Å². The largest absolute Gasteiger partial charge is 0.507 e. The predicted molar refractivity (Wildman–Crippen MR) is 61.1 cm³/mol. The second-order valence-corrected chi connectivity index (χ2v) is 3.58. The number of hydrogen-bond donors (Lipinski definition) is 2. The van der Waals surface area contributed by atoms with E-state index in [1.54, 1.807) is 18.2 Å². The van der Waals surface area contributed by atoms with Crippen molar-refractivity contribution in [3.63, 3.8) is 0 Å². The SMILES string of the molecule is Cc1nc(-c2ccccc2O)oc1CCN. The van der Waals surface area contributed by atoms with E-state index in [4.69, 9.17) is 10.2 Å². The molecule has 4 heteroatoms. The summed E-state index contributed by atoms with van der Waals surface area (Å²) in [7, 11) is 0. The highest BCUT2D eigenvalue weighted by atomic mass is 16.4. The van der Waals surface area contributed by atoms with Crippen LogP contribution in [0.25, 0.3) is 11.5 Å². The van der Waals surface area contributed by atoms with Crippen LogP contribution in [0.1, 0.15) is 11.5 Å². The van der Waals surface area contributed by atoms with Gasteiger partial charge < -0.3 is 15.3 Å². The Morgan fingerprint density at radius 1 is 1.38 bits per heavy atom. The van der Waals surface area contributed by atoms with E-state index in [9.17, 15) is 5.11 Å². The Bertz CT molecular complexity index is 492. The van der Waals surface area contributed by atoms with Crippen LogP contribution in [-0.4, -0.2) is 16.6 Å². The summed E-state index contributed by atoms with van der Waals surface area (Å²) in [5, 5.41) is 9.67. The molecule has 1 aromatic carbocycles. The van der Waals surface area contributed by atoms with Gasteiger partial charge in [-0.25, -0.2) is 4.98 Å². The highest BCUT2D eigenvalue weighted by Crippen LogP contribution is 2.29. The first-order valence-corrected chi connectivity index (χ1v) is 5.17. The van der Waals surface area contributed by atoms with Crippen LogP contribution in [-0.2, 0) is 6.42 Å². The van der Waals surface area contributed by atoms with Crippen LogP contribution in [0.5, 0.6) is 5.75 Å². The summed E-state index contributed by atoms with van der Waals surface area (Å²) < 4.78 is 5.57. The molecule has 1 aromatic heterocycles. The lowest BCUT2D eigenvalue weighted by Gasteiger charge is -1.98. The molecular formula is C12H14N2O2. The first-order chi connectivity index (χ1) is 7.72. The maximum Gasteiger partial charge on any atom is 0.230 e. The highest BCUT2D eigenvalue weighted by molar-refractivity contribution is 5.62. The van der Waals surface area contributed by atoms with E-state index in [-0.39, 0.29) is 5.75 Å². The number of phenols is 1. The quantitative estimate of drug-likeness (QED) is 0.824. The summed E-state index contributed by atoms with van der Waals surface area (Å²) in [5.41, 5.74) is 6.90. The minimum Gasteiger partial charge on any atom is -0.507 e. The van der Waals surface area contributed by atoms with E-state index in [1.807, 2.05) is 13.0 Å². The lowest BCUT2D eigenvalue weighted by molar-refractivity contribution is 0.469. The highest BCUT2D eigenvalue weighted by Gasteiger charge is 2.13. The number of nitrogens with zero attached hydrogens (tertiary/aromatic N) is 1. The van der Waals surface area contributed by atoms with E-state index in [0.717, 1.165) is 11.5 Å². The molecule has 2 rings (SSSR count). The van der Waals surface area contributed by atoms with Crippen LogP contribution < -0.4 is 5.73 Å². The molecule has 1 heterocycles. The van der Waals surface area contributed by atoms with Gasteiger partial charge in [-0.2, -0.15) is 0 Å². The van der Waals surface area contributed by atoms with Gasteiger partial charge in [-0.1, -0.05) is 12.1 Å². The molecule has 0 saturated heterocycles. The van der Waals surface area contributed by atoms with Crippen molar-refractivity contribution in [3.05, 3.63) is 35.7 Å². The number of hydrogen-bond acceptors (Lipinski definition) is 4. The first-order valence-electron chi connectivity index (χ1n) is 5.17. The number of aromatic nitrogens is 1. The third-order valence-corrected chi connectivity index (χ3v) is 2.40. The van der Waals surface area contributed by atoms with E-state index < -0.39 is 0 Å². The summed E-state index contributed by atoms with van der Waals surface area (Å²) in [6.45, 7) is 2.40. The van der Waals surface area contributed by atoms with Gasteiger partial charge >= 0.3 is 0 Å². The van der Waals surface area contributed by atoms with Gasteiger partial charge in [-0.05, 0) is 25.6 Å². The van der Waals surface area contributed by atoms with Crippen LogP contribution in [0.2, 0.25) is 0 Å². The second kappa shape index (κ2) is 4.37. The molecule has 0 atom stereocenters. The van der Waals surface area contributed by atoms with E-state index in [0.29, 0.717) is 24.4 Å². The minimum absolute atomic E-state index is 0.169. The van der Waals surface area contributed by atoms with Crippen LogP contribution in [0.3, 0.4) is 0 Å². The maximum atomic E-state index is 9.67. The average molecular weight is 218 g/mol. The van der Waals surface area contributed by atoms with Crippen molar-refractivity contribution in [2.24, 2.45) is 5.73 Å². The molecule has 0 amide bonds. The van der Waals surface area contributed by atoms with Gasteiger partial charge in [0.2, 0.25) is 5.89 Å². The van der Waals surface area contributed by atoms with Crippen LogP contribution in [0.4, 0.5) is 0 Å². The van der Waals surface area contributed by atoms with Crippen molar-refractivity contribution in [3.8, 4) is 17.2 Å². The molecule has 0 unspecified atom stereocenters. The zero-order valence-electron chi connectivity index (χ0n) is 9.10. The number of benzene rings is 1. The van der Waals surface area contributed by atoms with Gasteiger partial charge in [-0.3, -0.25) is 0 Å². The Morgan fingerprint density at radius 2 is 2.12 bits per heavy atom. The molecule has 0 bridgehead atoms. The summed E-state index contributed by atoms with van der Waals surface area (Å²) in [5.74, 6) is 1.39. The fraction of sp³-hybridized carbons (Fsp3) is 0.250. The van der Waals surface area contributed by atoms with Gasteiger partial charge in [0, 0.05) is 6.42 Å². The Balaban J connectivity index is 2.42. The number of para-hydroxylation sites is 1. The molecule has 3 N–H and O–H groups in total. The minimum atomic E-state index is 0.169. The van der Waals surface area contributed by atoms with Crippen LogP contribution in [0, 0.1) is 6.92 Å². The van der Waals surface area contributed by atoms with Crippen molar-refractivity contribution in [1.82, 2.24) is 4.98 Å². The number of aryl methyl sites for hydroxylation is 1. The molecule has 0 aliphatic carbocycles. The molecule has 0 aliphatic heterocycles. The number of rotatable bonds is 3. The predicted octanol–water partition coefficient (Wildman–Crippen LogP) is 1.86. The van der Waals surface area contributed by atoms with E-state index >= 15 is 0 Å². The first kappa shape index (κ1) is 10.7. The molecule has 16 heavy (non-hydrogen) atoms. The normalized spacial score (nSPS) is 10.6. The summed E-state index contributed by atoms with van der Waals surface area (Å²) >= 11 is 0. The molecule has 84 valence electrons. The summed E-state index contributed by atoms with van der Waals surface area (Å²) in [6, 6.07) is 6.97. The number of nitrogens with two attached hydrogens (primary N) is 1. The molecule has 0 aliphatic rings. The van der Waals surface area contributed by atoms with Gasteiger partial charge in [0.15, 0.2) is 0 Å². The summed E-state index contributed by atoms with van der Waals surface area (Å²) in [4.78, 5) is 4.28. The van der Waals surface area contributed by atoms with Gasteiger partial charge in [0.25, 0.3) is 0 Å². The van der Waals surface area contributed by atoms with E-state index in [1.165, 1.54) is 0 Å². The standard InChI is InChI=1S/C12H14N2O2/c1-8-11(6-7-13)16-12(14-8)9-4-2-3-5-10(9)15/h2-5,15H,6-7,13H2,1H3. The van der Waals surface area contributed by atoms with Crippen LogP contribution in [0.15, 0.2) is 28.7 Å². The van der Waals surface area contributed by atoms with Gasteiger partial charge in [0.1, 0.15) is 11.5 Å². The Morgan fingerprint density at radius 3 is 2.81 bits per heavy atom. The Labute approximate surface area is 93.7 Å². The smallest absolute Gasteiger partial charge is 0.230 e. The third kappa shape index (κ3) is 1.92. The fourth-order valence-corrected chi connectivity index (χ4v) is 1.56. The lowest BCUT2D eigenvalue weighted by Crippen LogP contribution is -2.02. The van der Waals surface area contributed by atoms with Crippen molar-refractivity contribution in [2.75, 3.05) is 6.54 Å². The fourth-order valence-electron chi connectivity index (χ4n) is 1.56. The Hall–Kier alpha value is -1.81. The monoisotopic (exact) mass is 218 g/mol. The van der Waals surface area contributed by atoms with Crippen molar-refractivity contribution in [2.45, 2.75) is 13.3 Å². The Kier molecular flexibility index (Phi) is 2.92. The number of oxazole rings is 1. The zero-order chi connectivity index (χ0) is 11.5. The molecule has 4 nitrogen and oxygen atoms in total. The van der Waals surface area contributed by atoms with Crippen molar-refractivity contribution >= 4 is 0 Å².